The predicted molar refractivity (Wildman–Crippen MR) is 73.0 cm³/mol. The summed E-state index contributed by atoms with van der Waals surface area (Å²) in [5.74, 6) is 0.197. The molecule has 1 fully saturated rings. The maximum Gasteiger partial charge on any atom is 0.244 e. The number of benzene rings is 1. The number of rotatable bonds is 3. The Morgan fingerprint density at radius 1 is 1.41 bits per heavy atom. The Morgan fingerprint density at radius 3 is 2.76 bits per heavy atom. The van der Waals surface area contributed by atoms with Crippen molar-refractivity contribution in [3.63, 3.8) is 0 Å². The normalized spacial score (nSPS) is 16.9. The third kappa shape index (κ3) is 3.22. The van der Waals surface area contributed by atoms with Crippen molar-refractivity contribution in [3.8, 4) is 0 Å². The summed E-state index contributed by atoms with van der Waals surface area (Å²) < 4.78 is 1.02. The van der Waals surface area contributed by atoms with Gasteiger partial charge >= 0.3 is 0 Å². The van der Waals surface area contributed by atoms with Crippen molar-refractivity contribution in [2.75, 3.05) is 18.4 Å². The fourth-order valence-corrected chi connectivity index (χ4v) is 2.50. The molecule has 1 aromatic rings. The van der Waals surface area contributed by atoms with Gasteiger partial charge in [-0.3, -0.25) is 4.79 Å². The summed E-state index contributed by atoms with van der Waals surface area (Å²) in [6, 6.07) is 7.71. The molecule has 0 bridgehead atoms. The number of nitrogens with one attached hydrogen (secondary N) is 1. The number of carbonyl (C=O) groups is 1. The molecule has 3 nitrogen and oxygen atoms in total. The maximum absolute atomic E-state index is 12.1. The topological polar surface area (TPSA) is 32.3 Å². The van der Waals surface area contributed by atoms with E-state index >= 15 is 0 Å². The number of hydrogen-bond acceptors (Lipinski definition) is 2. The van der Waals surface area contributed by atoms with Crippen LogP contribution in [0.15, 0.2) is 28.7 Å². The lowest BCUT2D eigenvalue weighted by Gasteiger charge is -2.21. The molecule has 0 aromatic heterocycles. The number of carbonyl (C=O) groups excluding carboxylic acids is 1. The maximum atomic E-state index is 12.1. The van der Waals surface area contributed by atoms with Gasteiger partial charge in [-0.05, 0) is 38.0 Å². The standard InChI is InChI=1S/C13H17BrN2O/c1-10(13(17)16-7-2-3-8-16)15-12-6-4-5-11(14)9-12/h4-6,9-10,15H,2-3,7-8H2,1H3. The van der Waals surface area contributed by atoms with Crippen LogP contribution >= 0.6 is 15.9 Å². The van der Waals surface area contributed by atoms with Gasteiger partial charge in [0.05, 0.1) is 0 Å². The number of hydrogen-bond donors (Lipinski definition) is 1. The summed E-state index contributed by atoms with van der Waals surface area (Å²) >= 11 is 3.42. The van der Waals surface area contributed by atoms with Crippen LogP contribution in [0.5, 0.6) is 0 Å². The summed E-state index contributed by atoms with van der Waals surface area (Å²) in [5.41, 5.74) is 0.972. The Hall–Kier alpha value is -1.03. The van der Waals surface area contributed by atoms with Gasteiger partial charge in [0.1, 0.15) is 6.04 Å². The molecule has 1 aliphatic heterocycles. The molecule has 0 spiro atoms. The fourth-order valence-electron chi connectivity index (χ4n) is 2.10. The second-order valence-corrected chi connectivity index (χ2v) is 5.32. The molecule has 1 aliphatic rings. The van der Waals surface area contributed by atoms with E-state index in [1.165, 1.54) is 0 Å². The van der Waals surface area contributed by atoms with Gasteiger partial charge in [-0.25, -0.2) is 0 Å². The zero-order valence-corrected chi connectivity index (χ0v) is 11.5. The van der Waals surface area contributed by atoms with Gasteiger partial charge in [0, 0.05) is 23.2 Å². The van der Waals surface area contributed by atoms with E-state index in [0.717, 1.165) is 36.1 Å². The molecule has 1 aromatic carbocycles. The van der Waals surface area contributed by atoms with E-state index in [9.17, 15) is 4.79 Å². The first kappa shape index (κ1) is 12.4. The minimum absolute atomic E-state index is 0.164. The average Bonchev–Trinajstić information content (AvgIpc) is 2.81. The van der Waals surface area contributed by atoms with Gasteiger partial charge < -0.3 is 10.2 Å². The van der Waals surface area contributed by atoms with Crippen LogP contribution in [0.4, 0.5) is 5.69 Å². The van der Waals surface area contributed by atoms with Gasteiger partial charge in [-0.2, -0.15) is 0 Å². The fraction of sp³-hybridized carbons (Fsp3) is 0.462. The third-order valence-corrected chi connectivity index (χ3v) is 3.49. The van der Waals surface area contributed by atoms with E-state index in [0.29, 0.717) is 0 Å². The highest BCUT2D eigenvalue weighted by molar-refractivity contribution is 9.10. The Morgan fingerprint density at radius 2 is 2.12 bits per heavy atom. The molecule has 1 amide bonds. The minimum Gasteiger partial charge on any atom is -0.374 e. The van der Waals surface area contributed by atoms with Crippen molar-refractivity contribution < 1.29 is 4.79 Å². The molecule has 1 N–H and O–H groups in total. The lowest BCUT2D eigenvalue weighted by Crippen LogP contribution is -2.39. The molecule has 0 aliphatic carbocycles. The van der Waals surface area contributed by atoms with Gasteiger partial charge in [0.25, 0.3) is 0 Å². The smallest absolute Gasteiger partial charge is 0.244 e. The van der Waals surface area contributed by atoms with Gasteiger partial charge in [-0.1, -0.05) is 22.0 Å². The van der Waals surface area contributed by atoms with Gasteiger partial charge in [0.15, 0.2) is 0 Å². The first-order chi connectivity index (χ1) is 8.16. The van der Waals surface area contributed by atoms with E-state index < -0.39 is 0 Å². The Balaban J connectivity index is 1.96. The highest BCUT2D eigenvalue weighted by Gasteiger charge is 2.22. The SMILES string of the molecule is CC(Nc1cccc(Br)c1)C(=O)N1CCCC1. The summed E-state index contributed by atoms with van der Waals surface area (Å²) in [5, 5.41) is 3.24. The molecule has 92 valence electrons. The quantitative estimate of drug-likeness (QED) is 0.930. The summed E-state index contributed by atoms with van der Waals surface area (Å²) in [6.07, 6.45) is 2.27. The molecule has 2 rings (SSSR count). The van der Waals surface area contributed by atoms with Crippen molar-refractivity contribution in [2.45, 2.75) is 25.8 Å². The van der Waals surface area contributed by atoms with E-state index in [-0.39, 0.29) is 11.9 Å². The summed E-state index contributed by atoms with van der Waals surface area (Å²) in [6.45, 7) is 3.73. The molecular weight excluding hydrogens is 280 g/mol. The second-order valence-electron chi connectivity index (χ2n) is 4.41. The number of anilines is 1. The summed E-state index contributed by atoms with van der Waals surface area (Å²) in [7, 11) is 0. The van der Waals surface area contributed by atoms with Crippen molar-refractivity contribution in [2.24, 2.45) is 0 Å². The van der Waals surface area contributed by atoms with Crippen molar-refractivity contribution >= 4 is 27.5 Å². The first-order valence-electron chi connectivity index (χ1n) is 5.98. The van der Waals surface area contributed by atoms with E-state index in [1.807, 2.05) is 36.1 Å². The van der Waals surface area contributed by atoms with E-state index in [1.54, 1.807) is 0 Å². The highest BCUT2D eigenvalue weighted by atomic mass is 79.9. The summed E-state index contributed by atoms with van der Waals surface area (Å²) in [4.78, 5) is 14.0. The molecule has 1 atom stereocenters. The Bertz CT molecular complexity index is 402. The first-order valence-corrected chi connectivity index (χ1v) is 6.77. The third-order valence-electron chi connectivity index (χ3n) is 3.00. The van der Waals surface area contributed by atoms with E-state index in [2.05, 4.69) is 21.2 Å². The van der Waals surface area contributed by atoms with Crippen LogP contribution in [0, 0.1) is 0 Å². The van der Waals surface area contributed by atoms with Crippen LogP contribution < -0.4 is 5.32 Å². The van der Waals surface area contributed by atoms with Gasteiger partial charge in [0.2, 0.25) is 5.91 Å². The van der Waals surface area contributed by atoms with Crippen LogP contribution in [0.25, 0.3) is 0 Å². The zero-order chi connectivity index (χ0) is 12.3. The molecule has 0 radical (unpaired) electrons. The monoisotopic (exact) mass is 296 g/mol. The molecule has 1 saturated heterocycles. The molecule has 1 unspecified atom stereocenters. The van der Waals surface area contributed by atoms with Crippen LogP contribution in [-0.4, -0.2) is 29.9 Å². The van der Waals surface area contributed by atoms with Crippen LogP contribution in [-0.2, 0) is 4.79 Å². The van der Waals surface area contributed by atoms with Crippen LogP contribution in [0.2, 0.25) is 0 Å². The number of amides is 1. The molecule has 4 heteroatoms. The average molecular weight is 297 g/mol. The lowest BCUT2D eigenvalue weighted by molar-refractivity contribution is -0.130. The Kier molecular flexibility index (Phi) is 4.05. The minimum atomic E-state index is -0.164. The number of halogens is 1. The van der Waals surface area contributed by atoms with Crippen LogP contribution in [0.1, 0.15) is 19.8 Å². The molecular formula is C13H17BrN2O. The van der Waals surface area contributed by atoms with Crippen molar-refractivity contribution in [3.05, 3.63) is 28.7 Å². The van der Waals surface area contributed by atoms with Crippen molar-refractivity contribution in [1.82, 2.24) is 4.90 Å². The van der Waals surface area contributed by atoms with Gasteiger partial charge in [-0.15, -0.1) is 0 Å². The van der Waals surface area contributed by atoms with Crippen LogP contribution in [0.3, 0.4) is 0 Å². The highest BCUT2D eigenvalue weighted by Crippen LogP contribution is 2.17. The largest absolute Gasteiger partial charge is 0.374 e. The zero-order valence-electron chi connectivity index (χ0n) is 9.95. The molecule has 1 heterocycles. The lowest BCUT2D eigenvalue weighted by atomic mass is 10.2. The molecule has 0 saturated carbocycles. The number of likely N-dealkylation sites (tertiary alicyclic amines) is 1. The van der Waals surface area contributed by atoms with Crippen molar-refractivity contribution in [1.29, 1.82) is 0 Å². The second kappa shape index (κ2) is 5.54. The molecule has 17 heavy (non-hydrogen) atoms. The predicted octanol–water partition coefficient (Wildman–Crippen LogP) is 2.87. The Labute approximate surface area is 110 Å². The van der Waals surface area contributed by atoms with E-state index in [4.69, 9.17) is 0 Å². The number of nitrogens with zero attached hydrogens (tertiary/aromatic N) is 1.